The van der Waals surface area contributed by atoms with Crippen molar-refractivity contribution < 1.29 is 23.9 Å². The van der Waals surface area contributed by atoms with Gasteiger partial charge in [-0.2, -0.15) is 0 Å². The Hall–Kier alpha value is -3.72. The van der Waals surface area contributed by atoms with Gasteiger partial charge in [0.2, 0.25) is 5.91 Å². The maximum Gasteiger partial charge on any atom is 0.338 e. The Morgan fingerprint density at radius 3 is 2.28 bits per heavy atom. The predicted molar refractivity (Wildman–Crippen MR) is 150 cm³/mol. The van der Waals surface area contributed by atoms with E-state index < -0.39 is 23.2 Å². The van der Waals surface area contributed by atoms with Gasteiger partial charge in [0.25, 0.3) is 0 Å². The van der Waals surface area contributed by atoms with Crippen molar-refractivity contribution in [1.29, 1.82) is 0 Å². The number of fused-ring (bicyclic) bond motifs is 1. The molecule has 2 aromatic heterocycles. The summed E-state index contributed by atoms with van der Waals surface area (Å²) in [6, 6.07) is 10.3. The van der Waals surface area contributed by atoms with Gasteiger partial charge in [-0.1, -0.05) is 24.6 Å². The highest BCUT2D eigenvalue weighted by atomic mass is 16.6. The summed E-state index contributed by atoms with van der Waals surface area (Å²) in [6.07, 6.45) is 5.90. The minimum atomic E-state index is -0.687. The molecule has 3 N–H and O–H groups in total. The lowest BCUT2D eigenvalue weighted by atomic mass is 10.1. The number of rotatable bonds is 10. The molecule has 2 heterocycles. The van der Waals surface area contributed by atoms with Crippen molar-refractivity contribution in [2.75, 3.05) is 0 Å². The Kier molecular flexibility index (Phi) is 9.50. The normalized spacial score (nSPS) is 12.7. The van der Waals surface area contributed by atoms with Crippen molar-refractivity contribution in [2.24, 2.45) is 5.73 Å². The van der Waals surface area contributed by atoms with Crippen molar-refractivity contribution in [3.63, 3.8) is 0 Å². The topological polar surface area (TPSA) is 125 Å². The van der Waals surface area contributed by atoms with Gasteiger partial charge in [0.1, 0.15) is 22.9 Å². The number of amides is 1. The number of hydrogen-bond donors (Lipinski definition) is 2. The van der Waals surface area contributed by atoms with Crippen LogP contribution in [-0.4, -0.2) is 44.5 Å². The average molecular weight is 537 g/mol. The van der Waals surface area contributed by atoms with Crippen LogP contribution in [0.1, 0.15) is 83.1 Å². The molecule has 39 heavy (non-hydrogen) atoms. The molecule has 1 amide bonds. The van der Waals surface area contributed by atoms with Crippen molar-refractivity contribution in [2.45, 2.75) is 91.0 Å². The molecule has 9 nitrogen and oxygen atoms in total. The molecular weight excluding hydrogens is 496 g/mol. The van der Waals surface area contributed by atoms with E-state index in [0.717, 1.165) is 22.5 Å². The van der Waals surface area contributed by atoms with Crippen LogP contribution in [0.5, 0.6) is 0 Å². The van der Waals surface area contributed by atoms with Crippen LogP contribution >= 0.6 is 0 Å². The highest BCUT2D eigenvalue weighted by Crippen LogP contribution is 2.22. The van der Waals surface area contributed by atoms with Crippen molar-refractivity contribution in [3.05, 3.63) is 59.9 Å². The summed E-state index contributed by atoms with van der Waals surface area (Å²) >= 11 is 0. The molecule has 1 atom stereocenters. The Labute approximate surface area is 230 Å². The largest absolute Gasteiger partial charge is 0.459 e. The monoisotopic (exact) mass is 536 g/mol. The molecule has 3 rings (SSSR count). The highest BCUT2D eigenvalue weighted by Gasteiger charge is 2.22. The fourth-order valence-electron chi connectivity index (χ4n) is 3.89. The predicted octanol–water partition coefficient (Wildman–Crippen LogP) is 4.80. The Bertz CT molecular complexity index is 1300. The number of hydrogen-bond acceptors (Lipinski definition) is 7. The van der Waals surface area contributed by atoms with Gasteiger partial charge >= 0.3 is 11.9 Å². The van der Waals surface area contributed by atoms with E-state index >= 15 is 0 Å². The number of aromatic nitrogens is 2. The molecule has 0 aliphatic heterocycles. The molecule has 210 valence electrons. The van der Waals surface area contributed by atoms with Gasteiger partial charge in [0, 0.05) is 36.5 Å². The summed E-state index contributed by atoms with van der Waals surface area (Å²) in [5.41, 5.74) is 8.51. The molecule has 0 saturated heterocycles. The number of nitrogens with two attached hydrogens (primary N) is 1. The van der Waals surface area contributed by atoms with Gasteiger partial charge in [-0.25, -0.2) is 9.78 Å². The van der Waals surface area contributed by atoms with E-state index in [-0.39, 0.29) is 11.9 Å². The molecule has 9 heteroatoms. The van der Waals surface area contributed by atoms with Gasteiger partial charge in [0.05, 0.1) is 11.3 Å². The smallest absolute Gasteiger partial charge is 0.338 e. The molecular formula is C30H40N4O5. The summed E-state index contributed by atoms with van der Waals surface area (Å²) in [4.78, 5) is 41.5. The van der Waals surface area contributed by atoms with E-state index in [1.165, 1.54) is 0 Å². The Morgan fingerprint density at radius 1 is 0.974 bits per heavy atom. The van der Waals surface area contributed by atoms with Crippen LogP contribution in [-0.2, 0) is 25.6 Å². The first-order valence-corrected chi connectivity index (χ1v) is 13.3. The summed E-state index contributed by atoms with van der Waals surface area (Å²) in [7, 11) is 0. The zero-order chi connectivity index (χ0) is 28.8. The highest BCUT2D eigenvalue weighted by molar-refractivity contribution is 5.90. The number of imidazole rings is 1. The molecule has 0 bridgehead atoms. The zero-order valence-electron chi connectivity index (χ0n) is 23.7. The number of nitrogens with zero attached hydrogens (tertiary/aromatic N) is 2. The lowest BCUT2D eigenvalue weighted by Gasteiger charge is -2.22. The van der Waals surface area contributed by atoms with Crippen LogP contribution in [0.4, 0.5) is 0 Å². The van der Waals surface area contributed by atoms with E-state index in [1.54, 1.807) is 32.9 Å². The summed E-state index contributed by atoms with van der Waals surface area (Å²) in [5.74, 6) is -0.863. The number of unbranched alkanes of at least 4 members (excludes halogenated alkanes) is 1. The summed E-state index contributed by atoms with van der Waals surface area (Å²) in [5, 5.41) is 2.95. The second-order valence-electron chi connectivity index (χ2n) is 11.6. The third kappa shape index (κ3) is 9.21. The van der Waals surface area contributed by atoms with Crippen LogP contribution in [0.15, 0.2) is 48.8 Å². The molecule has 0 radical (unpaired) electrons. The SMILES string of the molecule is CC(C)(C)OC(=O)c1ccc(-c2cn3cccc(CNC(=O)CCCCC(N)C(=O)OC(C)(C)C)c3n2)cc1. The summed E-state index contributed by atoms with van der Waals surface area (Å²) in [6.45, 7) is 11.3. The molecule has 0 aliphatic rings. The van der Waals surface area contributed by atoms with Crippen LogP contribution in [0, 0.1) is 0 Å². The number of benzene rings is 1. The second-order valence-corrected chi connectivity index (χ2v) is 11.6. The van der Waals surface area contributed by atoms with Gasteiger partial charge in [-0.3, -0.25) is 9.59 Å². The number of pyridine rings is 1. The molecule has 1 aromatic carbocycles. The van der Waals surface area contributed by atoms with Crippen LogP contribution in [0.2, 0.25) is 0 Å². The van der Waals surface area contributed by atoms with E-state index in [9.17, 15) is 14.4 Å². The average Bonchev–Trinajstić information content (AvgIpc) is 3.28. The van der Waals surface area contributed by atoms with Gasteiger partial charge in [-0.15, -0.1) is 0 Å². The zero-order valence-corrected chi connectivity index (χ0v) is 23.7. The van der Waals surface area contributed by atoms with Crippen LogP contribution in [0.25, 0.3) is 16.9 Å². The quantitative estimate of drug-likeness (QED) is 0.282. The maximum atomic E-state index is 12.4. The van der Waals surface area contributed by atoms with Crippen LogP contribution < -0.4 is 11.1 Å². The molecule has 0 aliphatic carbocycles. The fraction of sp³-hybridized carbons (Fsp3) is 0.467. The minimum Gasteiger partial charge on any atom is -0.459 e. The van der Waals surface area contributed by atoms with Crippen molar-refractivity contribution >= 4 is 23.5 Å². The number of ether oxygens (including phenoxy) is 2. The Morgan fingerprint density at radius 2 is 1.64 bits per heavy atom. The standard InChI is InChI=1S/C30H40N4O5/c1-29(2,3)38-27(36)21-15-13-20(14-16-21)24-19-34-17-9-10-22(26(34)33-24)18-32-25(35)12-8-7-11-23(31)28(37)39-30(4,5)6/h9-10,13-17,19,23H,7-8,11-12,18,31H2,1-6H3,(H,32,35). The Balaban J connectivity index is 1.54. The molecule has 1 unspecified atom stereocenters. The number of carbonyl (C=O) groups is 3. The number of esters is 2. The fourth-order valence-corrected chi connectivity index (χ4v) is 3.89. The third-order valence-electron chi connectivity index (χ3n) is 5.73. The molecule has 3 aromatic rings. The van der Waals surface area contributed by atoms with Gasteiger partial charge in [0.15, 0.2) is 0 Å². The van der Waals surface area contributed by atoms with Crippen molar-refractivity contribution in [1.82, 2.24) is 14.7 Å². The van der Waals surface area contributed by atoms with E-state index in [1.807, 2.05) is 61.8 Å². The van der Waals surface area contributed by atoms with E-state index in [0.29, 0.717) is 37.8 Å². The van der Waals surface area contributed by atoms with Gasteiger partial charge in [-0.05, 0) is 72.6 Å². The third-order valence-corrected chi connectivity index (χ3v) is 5.73. The number of nitrogens with one attached hydrogen (secondary N) is 1. The van der Waals surface area contributed by atoms with Crippen LogP contribution in [0.3, 0.4) is 0 Å². The second kappa shape index (κ2) is 12.4. The number of carbonyl (C=O) groups excluding carboxylic acids is 3. The minimum absolute atomic E-state index is 0.0765. The molecule has 0 spiro atoms. The summed E-state index contributed by atoms with van der Waals surface area (Å²) < 4.78 is 12.6. The first kappa shape index (κ1) is 29.8. The lowest BCUT2D eigenvalue weighted by Crippen LogP contribution is -2.37. The molecule has 0 saturated carbocycles. The van der Waals surface area contributed by atoms with Gasteiger partial charge < -0.3 is 24.9 Å². The lowest BCUT2D eigenvalue weighted by molar-refractivity contribution is -0.156. The maximum absolute atomic E-state index is 12.4. The first-order valence-electron chi connectivity index (χ1n) is 13.3. The van der Waals surface area contributed by atoms with E-state index in [4.69, 9.17) is 20.2 Å². The van der Waals surface area contributed by atoms with E-state index in [2.05, 4.69) is 5.32 Å². The first-order chi connectivity index (χ1) is 18.2. The van der Waals surface area contributed by atoms with Crippen molar-refractivity contribution in [3.8, 4) is 11.3 Å². The molecule has 0 fully saturated rings.